The third-order valence-corrected chi connectivity index (χ3v) is 0.875. The Hall–Kier alpha value is -0.960. The fourth-order valence-electron chi connectivity index (χ4n) is 0.589. The van der Waals surface area contributed by atoms with Crippen molar-refractivity contribution < 1.29 is 0 Å². The lowest BCUT2D eigenvalue weighted by Gasteiger charge is -1.89. The van der Waals surface area contributed by atoms with Gasteiger partial charge in [-0.25, -0.2) is 0 Å². The molecular weight excluding hydrogens is 126 g/mol. The van der Waals surface area contributed by atoms with Crippen LogP contribution in [0.1, 0.15) is 11.4 Å². The summed E-state index contributed by atoms with van der Waals surface area (Å²) in [7, 11) is 1.50. The highest BCUT2D eigenvalue weighted by atomic mass is 14.8. The molecule has 3 heteroatoms. The van der Waals surface area contributed by atoms with Crippen LogP contribution in [0.4, 0.5) is 0 Å². The Morgan fingerprint density at radius 2 is 1.50 bits per heavy atom. The average molecular weight is 139 g/mol. The second-order valence-corrected chi connectivity index (χ2v) is 1.80. The van der Waals surface area contributed by atoms with E-state index < -0.39 is 0 Å². The molecule has 0 spiro atoms. The van der Waals surface area contributed by atoms with E-state index in [1.165, 1.54) is 7.05 Å². The van der Waals surface area contributed by atoms with Crippen molar-refractivity contribution in [1.82, 2.24) is 9.97 Å². The average Bonchev–Trinajstić information content (AvgIpc) is 1.91. The van der Waals surface area contributed by atoms with Gasteiger partial charge in [-0.2, -0.15) is 0 Å². The van der Waals surface area contributed by atoms with Crippen molar-refractivity contribution >= 4 is 0 Å². The van der Waals surface area contributed by atoms with Crippen molar-refractivity contribution in [2.45, 2.75) is 13.8 Å². The molecule has 56 valence electrons. The Balaban J connectivity index is 0.000000371. The van der Waals surface area contributed by atoms with Gasteiger partial charge in [-0.3, -0.25) is 9.97 Å². The van der Waals surface area contributed by atoms with E-state index >= 15 is 0 Å². The maximum atomic E-state index is 4.50. The van der Waals surface area contributed by atoms with E-state index in [9.17, 15) is 0 Å². The van der Waals surface area contributed by atoms with Gasteiger partial charge in [0.25, 0.3) is 0 Å². The minimum Gasteiger partial charge on any atom is -0.333 e. The van der Waals surface area contributed by atoms with Gasteiger partial charge in [0.05, 0.1) is 11.4 Å². The van der Waals surface area contributed by atoms with Gasteiger partial charge in [-0.1, -0.05) is 0 Å². The monoisotopic (exact) mass is 139 g/mol. The van der Waals surface area contributed by atoms with Crippen LogP contribution < -0.4 is 5.73 Å². The maximum Gasteiger partial charge on any atom is 0.0558 e. The van der Waals surface area contributed by atoms with Crippen LogP contribution in [-0.4, -0.2) is 17.0 Å². The third kappa shape index (κ3) is 3.14. The predicted molar refractivity (Wildman–Crippen MR) is 41.6 cm³/mol. The van der Waals surface area contributed by atoms with Crippen LogP contribution in [0.5, 0.6) is 0 Å². The summed E-state index contributed by atoms with van der Waals surface area (Å²) in [4.78, 5) is 8.03. The topological polar surface area (TPSA) is 51.8 Å². The lowest BCUT2D eigenvalue weighted by atomic mass is 10.4. The van der Waals surface area contributed by atoms with Crippen LogP contribution in [0.2, 0.25) is 0 Å². The molecule has 0 saturated heterocycles. The summed E-state index contributed by atoms with van der Waals surface area (Å²) < 4.78 is 0. The molecule has 0 radical (unpaired) electrons. The first kappa shape index (κ1) is 9.04. The first-order valence-corrected chi connectivity index (χ1v) is 3.12. The first-order chi connectivity index (χ1) is 4.79. The van der Waals surface area contributed by atoms with Crippen LogP contribution in [0.3, 0.4) is 0 Å². The van der Waals surface area contributed by atoms with Crippen molar-refractivity contribution in [3.05, 3.63) is 23.8 Å². The molecule has 0 aliphatic rings. The molecule has 1 rings (SSSR count). The minimum atomic E-state index is 0.977. The summed E-state index contributed by atoms with van der Waals surface area (Å²) in [5, 5.41) is 0. The Bertz CT molecular complexity index is 169. The molecule has 0 aliphatic heterocycles. The van der Waals surface area contributed by atoms with E-state index in [1.54, 1.807) is 12.4 Å². The number of aryl methyl sites for hydroxylation is 2. The number of hydrogen-bond acceptors (Lipinski definition) is 3. The zero-order valence-corrected chi connectivity index (χ0v) is 6.63. The van der Waals surface area contributed by atoms with Gasteiger partial charge in [0.15, 0.2) is 0 Å². The summed E-state index contributed by atoms with van der Waals surface area (Å²) in [5.74, 6) is 0. The fourth-order valence-corrected chi connectivity index (χ4v) is 0.589. The van der Waals surface area contributed by atoms with Crippen LogP contribution in [-0.2, 0) is 0 Å². The van der Waals surface area contributed by atoms with Gasteiger partial charge in [0.1, 0.15) is 0 Å². The zero-order chi connectivity index (χ0) is 7.98. The summed E-state index contributed by atoms with van der Waals surface area (Å²) >= 11 is 0. The summed E-state index contributed by atoms with van der Waals surface area (Å²) in [5.41, 5.74) is 6.45. The zero-order valence-electron chi connectivity index (χ0n) is 6.63. The molecule has 0 fully saturated rings. The van der Waals surface area contributed by atoms with E-state index in [0.717, 1.165) is 11.4 Å². The summed E-state index contributed by atoms with van der Waals surface area (Å²) in [6.45, 7) is 3.86. The van der Waals surface area contributed by atoms with E-state index in [2.05, 4.69) is 15.7 Å². The highest BCUT2D eigenvalue weighted by molar-refractivity contribution is 4.98. The van der Waals surface area contributed by atoms with Crippen molar-refractivity contribution in [2.24, 2.45) is 5.73 Å². The van der Waals surface area contributed by atoms with Crippen molar-refractivity contribution in [1.29, 1.82) is 0 Å². The van der Waals surface area contributed by atoms with Gasteiger partial charge in [0.2, 0.25) is 0 Å². The lowest BCUT2D eigenvalue weighted by Crippen LogP contribution is -1.85. The predicted octanol–water partition coefficient (Wildman–Crippen LogP) is 0.668. The molecule has 3 nitrogen and oxygen atoms in total. The molecule has 0 aromatic carbocycles. The Labute approximate surface area is 61.3 Å². The Morgan fingerprint density at radius 3 is 1.70 bits per heavy atom. The van der Waals surface area contributed by atoms with Gasteiger partial charge < -0.3 is 5.73 Å². The van der Waals surface area contributed by atoms with Crippen molar-refractivity contribution in [3.63, 3.8) is 0 Å². The molecule has 2 N–H and O–H groups in total. The van der Waals surface area contributed by atoms with Gasteiger partial charge in [0, 0.05) is 12.4 Å². The van der Waals surface area contributed by atoms with Crippen LogP contribution >= 0.6 is 0 Å². The number of nitrogens with zero attached hydrogens (tertiary/aromatic N) is 2. The molecule has 0 atom stereocenters. The van der Waals surface area contributed by atoms with Crippen molar-refractivity contribution in [2.75, 3.05) is 7.05 Å². The highest BCUT2D eigenvalue weighted by Gasteiger charge is 1.83. The summed E-state index contributed by atoms with van der Waals surface area (Å²) in [6, 6.07) is 0. The molecule has 1 heterocycles. The Morgan fingerprint density at radius 1 is 1.10 bits per heavy atom. The molecule has 1 aromatic heterocycles. The first-order valence-electron chi connectivity index (χ1n) is 3.12. The van der Waals surface area contributed by atoms with E-state index in [1.807, 2.05) is 13.8 Å². The van der Waals surface area contributed by atoms with Crippen LogP contribution in [0, 0.1) is 13.8 Å². The molecule has 10 heavy (non-hydrogen) atoms. The van der Waals surface area contributed by atoms with E-state index in [4.69, 9.17) is 0 Å². The summed E-state index contributed by atoms with van der Waals surface area (Å²) in [6.07, 6.45) is 3.49. The molecule has 0 amide bonds. The second-order valence-electron chi connectivity index (χ2n) is 1.80. The van der Waals surface area contributed by atoms with Gasteiger partial charge in [-0.05, 0) is 20.9 Å². The number of hydrogen-bond donors (Lipinski definition) is 1. The highest BCUT2D eigenvalue weighted by Crippen LogP contribution is 1.89. The number of rotatable bonds is 0. The van der Waals surface area contributed by atoms with E-state index in [0.29, 0.717) is 0 Å². The Kier molecular flexibility index (Phi) is 4.41. The standard InChI is InChI=1S/C6H8N2.CH5N/c1-5-3-7-4-6(2)8-5;1-2/h3-4H,1-2H3;2H2,1H3. The quantitative estimate of drug-likeness (QED) is 0.574. The minimum absolute atomic E-state index is 0.977. The fraction of sp³-hybridized carbons (Fsp3) is 0.429. The molecule has 0 saturated carbocycles. The van der Waals surface area contributed by atoms with Gasteiger partial charge in [-0.15, -0.1) is 0 Å². The molecule has 1 aromatic rings. The smallest absolute Gasteiger partial charge is 0.0558 e. The van der Waals surface area contributed by atoms with Crippen molar-refractivity contribution in [3.8, 4) is 0 Å². The third-order valence-electron chi connectivity index (χ3n) is 0.875. The number of aromatic nitrogens is 2. The van der Waals surface area contributed by atoms with Crippen LogP contribution in [0.25, 0.3) is 0 Å². The number of nitrogens with two attached hydrogens (primary N) is 1. The van der Waals surface area contributed by atoms with Gasteiger partial charge >= 0.3 is 0 Å². The maximum absolute atomic E-state index is 4.50. The largest absolute Gasteiger partial charge is 0.333 e. The normalized spacial score (nSPS) is 8.00. The van der Waals surface area contributed by atoms with Crippen LogP contribution in [0.15, 0.2) is 12.4 Å². The molecule has 0 bridgehead atoms. The van der Waals surface area contributed by atoms with E-state index in [-0.39, 0.29) is 0 Å². The molecular formula is C7H13N3. The SMILES string of the molecule is CN.Cc1cncc(C)n1. The molecule has 0 unspecified atom stereocenters. The second kappa shape index (κ2) is 4.88. The molecule has 0 aliphatic carbocycles. The lowest BCUT2D eigenvalue weighted by molar-refractivity contribution is 1.05.